The van der Waals surface area contributed by atoms with Gasteiger partial charge in [-0.1, -0.05) is 34.1 Å². The molecule has 0 aliphatic carbocycles. The highest BCUT2D eigenvalue weighted by Gasteiger charge is 2.45. The van der Waals surface area contributed by atoms with Crippen molar-refractivity contribution in [2.75, 3.05) is 13.7 Å². The van der Waals surface area contributed by atoms with Crippen molar-refractivity contribution in [3.8, 4) is 0 Å². The average Bonchev–Trinajstić information content (AvgIpc) is 2.72. The van der Waals surface area contributed by atoms with Crippen LogP contribution in [0, 0.1) is 0 Å². The predicted octanol–water partition coefficient (Wildman–Crippen LogP) is 3.49. The van der Waals surface area contributed by atoms with Crippen molar-refractivity contribution >= 4 is 8.32 Å². The molecule has 0 aromatic heterocycles. The van der Waals surface area contributed by atoms with E-state index in [9.17, 15) is 0 Å². The highest BCUT2D eigenvalue weighted by molar-refractivity contribution is 6.74. The first kappa shape index (κ1) is 14.2. The van der Waals surface area contributed by atoms with E-state index < -0.39 is 8.32 Å². The zero-order valence-corrected chi connectivity index (χ0v) is 13.1. The van der Waals surface area contributed by atoms with E-state index in [-0.39, 0.29) is 0 Å². The van der Waals surface area contributed by atoms with Crippen molar-refractivity contribution in [1.82, 2.24) is 4.90 Å². The van der Waals surface area contributed by atoms with Gasteiger partial charge in [-0.2, -0.15) is 0 Å². The molecule has 3 atom stereocenters. The Morgan fingerprint density at radius 3 is 2.19 bits per heavy atom. The summed E-state index contributed by atoms with van der Waals surface area (Å²) < 4.78 is 6.26. The van der Waals surface area contributed by atoms with Gasteiger partial charge < -0.3 is 4.43 Å². The lowest BCUT2D eigenvalue weighted by Gasteiger charge is -2.36. The molecule has 0 amide bonds. The number of hydrogen-bond donors (Lipinski definition) is 0. The molecular weight excluding hydrogens is 214 g/mol. The van der Waals surface area contributed by atoms with Crippen molar-refractivity contribution in [2.45, 2.75) is 70.8 Å². The summed E-state index contributed by atoms with van der Waals surface area (Å²) in [5.41, 5.74) is 0. The maximum Gasteiger partial charge on any atom is 0.192 e. The molecular formula is C13H29NOSi. The fourth-order valence-corrected chi connectivity index (χ4v) is 2.92. The molecule has 3 heteroatoms. The van der Waals surface area contributed by atoms with Crippen LogP contribution in [0.15, 0.2) is 0 Å². The molecule has 3 unspecified atom stereocenters. The molecule has 0 aromatic carbocycles. The maximum atomic E-state index is 6.26. The molecule has 1 heterocycles. The molecule has 1 saturated heterocycles. The first-order chi connectivity index (χ1) is 7.20. The topological polar surface area (TPSA) is 12.2 Å². The Balaban J connectivity index is 2.36. The molecule has 2 nitrogen and oxygen atoms in total. The van der Waals surface area contributed by atoms with E-state index in [4.69, 9.17) is 4.43 Å². The zero-order valence-electron chi connectivity index (χ0n) is 12.1. The van der Waals surface area contributed by atoms with Crippen molar-refractivity contribution in [3.63, 3.8) is 0 Å². The Hall–Kier alpha value is 0.137. The van der Waals surface area contributed by atoms with Gasteiger partial charge in [-0.3, -0.25) is 4.90 Å². The standard InChI is InChI=1S/C13H29NOSi/c1-8-9-11-12(14(11)5)10-15-16(6,7)13(2,3)4/h11-12H,8-10H2,1-7H3. The van der Waals surface area contributed by atoms with E-state index in [0.717, 1.165) is 12.6 Å². The van der Waals surface area contributed by atoms with Crippen LogP contribution in [0.4, 0.5) is 0 Å². The highest BCUT2D eigenvalue weighted by atomic mass is 28.4. The lowest BCUT2D eigenvalue weighted by atomic mass is 10.2. The highest BCUT2D eigenvalue weighted by Crippen LogP contribution is 2.38. The summed E-state index contributed by atoms with van der Waals surface area (Å²) in [7, 11) is 0.686. The summed E-state index contributed by atoms with van der Waals surface area (Å²) in [6.45, 7) is 14.8. The van der Waals surface area contributed by atoms with Crippen LogP contribution in [0.1, 0.15) is 40.5 Å². The quantitative estimate of drug-likeness (QED) is 0.541. The molecule has 96 valence electrons. The van der Waals surface area contributed by atoms with Crippen LogP contribution in [0.25, 0.3) is 0 Å². The van der Waals surface area contributed by atoms with Crippen molar-refractivity contribution < 1.29 is 4.43 Å². The minimum atomic E-state index is -1.54. The Morgan fingerprint density at radius 1 is 1.19 bits per heavy atom. The molecule has 1 rings (SSSR count). The first-order valence-electron chi connectivity index (χ1n) is 6.56. The van der Waals surface area contributed by atoms with E-state index in [1.165, 1.54) is 12.8 Å². The predicted molar refractivity (Wildman–Crippen MR) is 73.4 cm³/mol. The molecule has 1 aliphatic heterocycles. The SMILES string of the molecule is CCCC1C(CO[Si](C)(C)C(C)(C)C)N1C. The lowest BCUT2D eigenvalue weighted by Crippen LogP contribution is -2.41. The van der Waals surface area contributed by atoms with E-state index in [0.29, 0.717) is 11.1 Å². The van der Waals surface area contributed by atoms with Crippen LogP contribution in [0.3, 0.4) is 0 Å². The molecule has 0 N–H and O–H groups in total. The Labute approximate surface area is 102 Å². The minimum Gasteiger partial charge on any atom is -0.415 e. The van der Waals surface area contributed by atoms with Gasteiger partial charge in [0.1, 0.15) is 0 Å². The van der Waals surface area contributed by atoms with Crippen LogP contribution < -0.4 is 0 Å². The monoisotopic (exact) mass is 243 g/mol. The van der Waals surface area contributed by atoms with E-state index in [2.05, 4.69) is 52.7 Å². The largest absolute Gasteiger partial charge is 0.415 e. The number of nitrogens with zero attached hydrogens (tertiary/aromatic N) is 1. The van der Waals surface area contributed by atoms with Crippen LogP contribution in [0.2, 0.25) is 18.1 Å². The Morgan fingerprint density at radius 2 is 1.75 bits per heavy atom. The fraction of sp³-hybridized carbons (Fsp3) is 1.00. The fourth-order valence-electron chi connectivity index (χ4n) is 1.90. The normalized spacial score (nSPS) is 30.6. The molecule has 0 bridgehead atoms. The number of rotatable bonds is 5. The number of hydrogen-bond acceptors (Lipinski definition) is 2. The first-order valence-corrected chi connectivity index (χ1v) is 9.47. The summed E-state index contributed by atoms with van der Waals surface area (Å²) in [6, 6.07) is 1.48. The van der Waals surface area contributed by atoms with Gasteiger partial charge in [-0.25, -0.2) is 0 Å². The van der Waals surface area contributed by atoms with Gasteiger partial charge in [-0.15, -0.1) is 0 Å². The third-order valence-electron chi connectivity index (χ3n) is 4.41. The average molecular weight is 243 g/mol. The molecule has 0 aromatic rings. The van der Waals surface area contributed by atoms with Crippen LogP contribution in [0.5, 0.6) is 0 Å². The second-order valence-electron chi connectivity index (χ2n) is 6.66. The molecule has 1 fully saturated rings. The summed E-state index contributed by atoms with van der Waals surface area (Å²) >= 11 is 0. The summed E-state index contributed by atoms with van der Waals surface area (Å²) in [4.78, 5) is 2.46. The second kappa shape index (κ2) is 4.79. The summed E-state index contributed by atoms with van der Waals surface area (Å²) in [5, 5.41) is 0.334. The van der Waals surface area contributed by atoms with Gasteiger partial charge in [0.2, 0.25) is 0 Å². The van der Waals surface area contributed by atoms with Crippen LogP contribution in [-0.2, 0) is 4.43 Å². The molecule has 16 heavy (non-hydrogen) atoms. The van der Waals surface area contributed by atoms with E-state index in [1.807, 2.05) is 0 Å². The van der Waals surface area contributed by atoms with Crippen molar-refractivity contribution in [2.24, 2.45) is 0 Å². The van der Waals surface area contributed by atoms with Gasteiger partial charge in [0.25, 0.3) is 0 Å². The van der Waals surface area contributed by atoms with Crippen molar-refractivity contribution in [3.05, 3.63) is 0 Å². The maximum absolute atomic E-state index is 6.26. The lowest BCUT2D eigenvalue weighted by molar-refractivity contribution is 0.275. The molecule has 0 saturated carbocycles. The molecule has 0 spiro atoms. The zero-order chi connectivity index (χ0) is 12.6. The third-order valence-corrected chi connectivity index (χ3v) is 8.91. The molecule has 0 radical (unpaired) electrons. The van der Waals surface area contributed by atoms with E-state index in [1.54, 1.807) is 0 Å². The van der Waals surface area contributed by atoms with Gasteiger partial charge in [0, 0.05) is 12.1 Å². The van der Waals surface area contributed by atoms with E-state index >= 15 is 0 Å². The number of likely N-dealkylation sites (N-methyl/N-ethyl adjacent to an activating group) is 1. The van der Waals surface area contributed by atoms with Crippen LogP contribution >= 0.6 is 0 Å². The second-order valence-corrected chi connectivity index (χ2v) is 11.5. The minimum absolute atomic E-state index is 0.334. The van der Waals surface area contributed by atoms with Gasteiger partial charge in [0.15, 0.2) is 8.32 Å². The third kappa shape index (κ3) is 3.08. The van der Waals surface area contributed by atoms with Crippen molar-refractivity contribution in [1.29, 1.82) is 0 Å². The molecule has 1 aliphatic rings. The van der Waals surface area contributed by atoms with Crippen LogP contribution in [-0.4, -0.2) is 39.0 Å². The Bertz CT molecular complexity index is 235. The van der Waals surface area contributed by atoms with Gasteiger partial charge in [0.05, 0.1) is 6.61 Å². The Kier molecular flexibility index (Phi) is 4.25. The van der Waals surface area contributed by atoms with Gasteiger partial charge in [-0.05, 0) is 31.6 Å². The summed E-state index contributed by atoms with van der Waals surface area (Å²) in [6.07, 6.45) is 2.60. The van der Waals surface area contributed by atoms with Gasteiger partial charge >= 0.3 is 0 Å². The smallest absolute Gasteiger partial charge is 0.192 e. The summed E-state index contributed by atoms with van der Waals surface area (Å²) in [5.74, 6) is 0.